The van der Waals surface area contributed by atoms with Gasteiger partial charge in [0.25, 0.3) is 0 Å². The summed E-state index contributed by atoms with van der Waals surface area (Å²) in [6.07, 6.45) is 4.70. The third-order valence-electron chi connectivity index (χ3n) is 5.87. The van der Waals surface area contributed by atoms with Gasteiger partial charge in [-0.3, -0.25) is 4.68 Å². The molecule has 0 aliphatic carbocycles. The van der Waals surface area contributed by atoms with Crippen LogP contribution < -0.4 is 4.90 Å². The van der Waals surface area contributed by atoms with E-state index in [1.807, 2.05) is 11.0 Å². The van der Waals surface area contributed by atoms with Crippen molar-refractivity contribution in [2.75, 3.05) is 31.1 Å². The van der Waals surface area contributed by atoms with Gasteiger partial charge in [-0.25, -0.2) is 28.6 Å². The maximum absolute atomic E-state index is 14.3. The molecule has 1 aromatic carbocycles. The van der Waals surface area contributed by atoms with Crippen molar-refractivity contribution in [2.24, 2.45) is 12.1 Å². The average Bonchev–Trinajstić information content (AvgIpc) is 3.53. The number of carbonyl (C=O) groups is 1. The number of rotatable bonds is 3. The summed E-state index contributed by atoms with van der Waals surface area (Å²) in [7, 11) is 1.68. The van der Waals surface area contributed by atoms with Crippen LogP contribution in [0.25, 0.3) is 11.4 Å². The first-order chi connectivity index (χ1) is 16.9. The highest BCUT2D eigenvalue weighted by Gasteiger charge is 2.34. The number of aromatic nitrogens is 5. The Labute approximate surface area is 198 Å². The quantitative estimate of drug-likeness (QED) is 0.565. The molecule has 2 aliphatic rings. The fraction of sp³-hybridized carbons (Fsp3) is 0.318. The van der Waals surface area contributed by atoms with Gasteiger partial charge in [0.1, 0.15) is 17.2 Å². The van der Waals surface area contributed by atoms with E-state index < -0.39 is 17.7 Å². The van der Waals surface area contributed by atoms with Crippen molar-refractivity contribution in [3.8, 4) is 17.5 Å². The number of carbonyl (C=O) groups excluding carboxylic acids is 1. The number of piperazine rings is 1. The number of hydrazone groups is 1. The molecule has 0 bridgehead atoms. The summed E-state index contributed by atoms with van der Waals surface area (Å²) in [5.41, 5.74) is 1.07. The molecule has 35 heavy (non-hydrogen) atoms. The first kappa shape index (κ1) is 22.3. The van der Waals surface area contributed by atoms with E-state index in [4.69, 9.17) is 5.26 Å². The molecule has 5 rings (SSSR count). The summed E-state index contributed by atoms with van der Waals surface area (Å²) in [6, 6.07) is 5.17. The molecule has 4 heterocycles. The third kappa shape index (κ3) is 4.37. The molecular formula is C22H20F2N10O. The Morgan fingerprint density at radius 3 is 2.69 bits per heavy atom. The van der Waals surface area contributed by atoms with E-state index in [1.165, 1.54) is 15.8 Å². The minimum atomic E-state index is -0.599. The van der Waals surface area contributed by atoms with Crippen LogP contribution in [0.4, 0.5) is 19.5 Å². The molecule has 0 N–H and O–H groups in total. The average molecular weight is 478 g/mol. The molecule has 0 spiro atoms. The minimum absolute atomic E-state index is 0.0580. The van der Waals surface area contributed by atoms with Crippen LogP contribution in [0.2, 0.25) is 0 Å². The molecular weight excluding hydrogens is 458 g/mol. The van der Waals surface area contributed by atoms with Crippen molar-refractivity contribution in [2.45, 2.75) is 12.5 Å². The number of aryl methyl sites for hydroxylation is 1. The zero-order valence-electron chi connectivity index (χ0n) is 18.7. The second-order valence-electron chi connectivity index (χ2n) is 8.18. The predicted octanol–water partition coefficient (Wildman–Crippen LogP) is 2.10. The van der Waals surface area contributed by atoms with Crippen LogP contribution in [0.15, 0.2) is 35.7 Å². The first-order valence-electron chi connectivity index (χ1n) is 10.9. The minimum Gasteiger partial charge on any atom is -0.337 e. The lowest BCUT2D eigenvalue weighted by molar-refractivity contribution is 0.139. The summed E-state index contributed by atoms with van der Waals surface area (Å²) in [5.74, 6) is -0.801. The number of hydrogen-bond donors (Lipinski definition) is 0. The van der Waals surface area contributed by atoms with Gasteiger partial charge >= 0.3 is 6.03 Å². The molecule has 11 nitrogen and oxygen atoms in total. The van der Waals surface area contributed by atoms with E-state index in [-0.39, 0.29) is 17.3 Å². The van der Waals surface area contributed by atoms with Crippen LogP contribution in [0.3, 0.4) is 0 Å². The molecule has 3 aromatic rings. The highest BCUT2D eigenvalue weighted by molar-refractivity contribution is 5.79. The van der Waals surface area contributed by atoms with Gasteiger partial charge in [0.15, 0.2) is 5.82 Å². The second-order valence-corrected chi connectivity index (χ2v) is 8.18. The molecule has 1 unspecified atom stereocenters. The largest absolute Gasteiger partial charge is 0.341 e. The molecule has 2 aliphatic heterocycles. The Kier molecular flexibility index (Phi) is 5.77. The van der Waals surface area contributed by atoms with Crippen molar-refractivity contribution in [3.05, 3.63) is 53.4 Å². The lowest BCUT2D eigenvalue weighted by atomic mass is 10.0. The Bertz CT molecular complexity index is 1340. The molecule has 1 saturated heterocycles. The lowest BCUT2D eigenvalue weighted by Gasteiger charge is -2.37. The van der Waals surface area contributed by atoms with Crippen LogP contribution >= 0.6 is 0 Å². The summed E-state index contributed by atoms with van der Waals surface area (Å²) in [6.45, 7) is 1.59. The predicted molar refractivity (Wildman–Crippen MR) is 120 cm³/mol. The Morgan fingerprint density at radius 1 is 1.17 bits per heavy atom. The van der Waals surface area contributed by atoms with Crippen molar-refractivity contribution >= 4 is 18.2 Å². The van der Waals surface area contributed by atoms with Crippen molar-refractivity contribution in [1.82, 2.24) is 34.9 Å². The summed E-state index contributed by atoms with van der Waals surface area (Å²) < 4.78 is 29.7. The molecule has 1 atom stereocenters. The van der Waals surface area contributed by atoms with Crippen LogP contribution in [-0.4, -0.2) is 73.3 Å². The van der Waals surface area contributed by atoms with Gasteiger partial charge in [-0.05, 0) is 23.8 Å². The number of halogens is 2. The maximum atomic E-state index is 14.3. The number of nitrogens with zero attached hydrogens (tertiary/aromatic N) is 10. The maximum Gasteiger partial charge on any atom is 0.341 e. The Balaban J connectivity index is 1.28. The fourth-order valence-corrected chi connectivity index (χ4v) is 4.13. The fourth-order valence-electron chi connectivity index (χ4n) is 4.13. The summed E-state index contributed by atoms with van der Waals surface area (Å²) in [5, 5.41) is 22.4. The zero-order valence-corrected chi connectivity index (χ0v) is 18.7. The van der Waals surface area contributed by atoms with Crippen LogP contribution in [0.5, 0.6) is 0 Å². The van der Waals surface area contributed by atoms with E-state index in [0.29, 0.717) is 49.8 Å². The highest BCUT2D eigenvalue weighted by atomic mass is 19.1. The summed E-state index contributed by atoms with van der Waals surface area (Å²) in [4.78, 5) is 25.2. The van der Waals surface area contributed by atoms with Gasteiger partial charge in [-0.1, -0.05) is 5.21 Å². The topological polar surface area (TPSA) is 119 Å². The molecule has 0 radical (unpaired) electrons. The monoisotopic (exact) mass is 478 g/mol. The number of nitriles is 1. The van der Waals surface area contributed by atoms with Gasteiger partial charge in [-0.15, -0.1) is 5.10 Å². The van der Waals surface area contributed by atoms with Gasteiger partial charge in [0, 0.05) is 45.9 Å². The molecule has 2 amide bonds. The van der Waals surface area contributed by atoms with Crippen LogP contribution in [0, 0.1) is 23.0 Å². The Morgan fingerprint density at radius 2 is 1.97 bits per heavy atom. The number of anilines is 1. The van der Waals surface area contributed by atoms with Gasteiger partial charge in [-0.2, -0.15) is 10.4 Å². The standard InChI is InChI=1S/C22H20F2N10O/c1-31-13-18(29-30-31)20-17(24)12-26-21(28-20)32-4-6-33(7-5-32)22(35)34-19(2-3-27-34)15-8-14(11-25)9-16(23)10-15/h3,8-10,12-13,19H,2,4-7H2,1H3. The van der Waals surface area contributed by atoms with Gasteiger partial charge in [0.2, 0.25) is 5.95 Å². The van der Waals surface area contributed by atoms with Gasteiger partial charge in [0.05, 0.1) is 30.1 Å². The molecule has 13 heteroatoms. The van der Waals surface area contributed by atoms with E-state index in [1.54, 1.807) is 30.4 Å². The SMILES string of the molecule is Cn1cc(-c2nc(N3CCN(C(=O)N4N=CCC4c4cc(F)cc(C#N)c4)CC3)ncc2F)nn1. The first-order valence-corrected chi connectivity index (χ1v) is 10.9. The van der Waals surface area contributed by atoms with Crippen molar-refractivity contribution in [1.29, 1.82) is 5.26 Å². The molecule has 0 saturated carbocycles. The normalized spacial score (nSPS) is 17.7. The second kappa shape index (κ2) is 9.05. The van der Waals surface area contributed by atoms with E-state index in [9.17, 15) is 13.6 Å². The number of hydrogen-bond acceptors (Lipinski definition) is 8. The Hall–Kier alpha value is -4.47. The molecule has 1 fully saturated rings. The van der Waals surface area contributed by atoms with E-state index in [0.717, 1.165) is 12.3 Å². The molecule has 2 aromatic heterocycles. The molecule has 178 valence electrons. The van der Waals surface area contributed by atoms with Crippen molar-refractivity contribution < 1.29 is 13.6 Å². The zero-order chi connectivity index (χ0) is 24.5. The van der Waals surface area contributed by atoms with E-state index >= 15 is 0 Å². The van der Waals surface area contributed by atoms with Crippen LogP contribution in [0.1, 0.15) is 23.6 Å². The van der Waals surface area contributed by atoms with Crippen LogP contribution in [-0.2, 0) is 7.05 Å². The smallest absolute Gasteiger partial charge is 0.337 e. The number of benzene rings is 1. The number of urea groups is 1. The van der Waals surface area contributed by atoms with E-state index in [2.05, 4.69) is 25.4 Å². The van der Waals surface area contributed by atoms with Crippen molar-refractivity contribution in [3.63, 3.8) is 0 Å². The highest BCUT2D eigenvalue weighted by Crippen LogP contribution is 2.31. The third-order valence-corrected chi connectivity index (χ3v) is 5.87. The lowest BCUT2D eigenvalue weighted by Crippen LogP contribution is -2.52. The summed E-state index contributed by atoms with van der Waals surface area (Å²) >= 11 is 0. The van der Waals surface area contributed by atoms with Gasteiger partial charge < -0.3 is 9.80 Å². The number of amides is 2.